The SMILES string of the molecule is Cc1cc([C@H](C(=O)N2C[C@H](O)C[C@H]2C(=O)N[C@@H](COCCOCCOCCN(C)C(=O)OC(C)(C)C)c2ccc(-c3scnc3C)cc2)C(C)C)on1. The Morgan fingerprint density at radius 3 is 2.30 bits per heavy atom. The molecule has 1 fully saturated rings. The first-order chi connectivity index (χ1) is 25.1. The minimum atomic E-state index is -0.878. The molecule has 0 saturated carbocycles. The van der Waals surface area contributed by atoms with Crippen LogP contribution in [0, 0.1) is 19.8 Å². The second kappa shape index (κ2) is 19.4. The highest BCUT2D eigenvalue weighted by Gasteiger charge is 2.43. The number of aliphatic hydroxyl groups excluding tert-OH is 1. The van der Waals surface area contributed by atoms with E-state index < -0.39 is 35.8 Å². The summed E-state index contributed by atoms with van der Waals surface area (Å²) in [6, 6.07) is 8.19. The van der Waals surface area contributed by atoms with E-state index in [-0.39, 0.29) is 43.9 Å². The number of carbonyl (C=O) groups is 3. The van der Waals surface area contributed by atoms with Crippen molar-refractivity contribution < 1.29 is 43.0 Å². The van der Waals surface area contributed by atoms with E-state index in [1.807, 2.05) is 71.3 Å². The average Bonchev–Trinajstić information content (AvgIpc) is 3.83. The van der Waals surface area contributed by atoms with Crippen LogP contribution in [0.5, 0.6) is 0 Å². The molecule has 2 N–H and O–H groups in total. The molecule has 14 nitrogen and oxygen atoms in total. The third-order valence-electron chi connectivity index (χ3n) is 8.69. The van der Waals surface area contributed by atoms with Crippen LogP contribution in [0.4, 0.5) is 4.79 Å². The minimum absolute atomic E-state index is 0.0405. The lowest BCUT2D eigenvalue weighted by Gasteiger charge is -2.30. The first-order valence-corrected chi connectivity index (χ1v) is 18.9. The van der Waals surface area contributed by atoms with Crippen LogP contribution in [-0.4, -0.2) is 120 Å². The van der Waals surface area contributed by atoms with Crippen LogP contribution in [0.2, 0.25) is 0 Å². The highest BCUT2D eigenvalue weighted by atomic mass is 32.1. The summed E-state index contributed by atoms with van der Waals surface area (Å²) in [4.78, 5) is 48.3. The predicted octanol–water partition coefficient (Wildman–Crippen LogP) is 4.89. The van der Waals surface area contributed by atoms with Gasteiger partial charge in [-0.1, -0.05) is 43.3 Å². The van der Waals surface area contributed by atoms with Crippen molar-refractivity contribution in [2.75, 3.05) is 59.8 Å². The summed E-state index contributed by atoms with van der Waals surface area (Å²) in [5.41, 5.74) is 4.70. The number of carbonyl (C=O) groups excluding carboxylic acids is 3. The summed E-state index contributed by atoms with van der Waals surface area (Å²) in [6.45, 7) is 15.2. The molecular formula is C38H55N5O9S. The smallest absolute Gasteiger partial charge is 0.410 e. The zero-order valence-electron chi connectivity index (χ0n) is 32.1. The molecule has 0 unspecified atom stereocenters. The van der Waals surface area contributed by atoms with Crippen molar-refractivity contribution in [2.24, 2.45) is 5.92 Å². The standard InChI is InChI=1S/C38H55N5O9S/c1-24(2)33(32-19-25(3)41-52-32)36(46)43-21-29(44)20-31(43)35(45)40-30(27-9-11-28(12-10-27)34-26(4)39-23-53-34)22-50-18-17-49-16-15-48-14-13-42(8)37(47)51-38(5,6)7/h9-12,19,23-24,29-31,33,44H,13-18,20-22H2,1-8H3,(H,40,45)/t29-,30+,31+,33-/m1/s1. The second-order valence-corrected chi connectivity index (χ2v) is 15.5. The highest BCUT2D eigenvalue weighted by Crippen LogP contribution is 2.32. The van der Waals surface area contributed by atoms with Crippen molar-refractivity contribution in [2.45, 2.75) is 84.6 Å². The van der Waals surface area contributed by atoms with E-state index in [0.717, 1.165) is 21.7 Å². The Labute approximate surface area is 316 Å². The summed E-state index contributed by atoms with van der Waals surface area (Å²) in [6.07, 6.45) is -1.14. The van der Waals surface area contributed by atoms with Gasteiger partial charge in [0.25, 0.3) is 0 Å². The Morgan fingerprint density at radius 2 is 1.72 bits per heavy atom. The van der Waals surface area contributed by atoms with Gasteiger partial charge in [-0.3, -0.25) is 9.59 Å². The van der Waals surface area contributed by atoms with Crippen molar-refractivity contribution in [3.05, 3.63) is 58.6 Å². The molecule has 3 amide bonds. The van der Waals surface area contributed by atoms with Crippen LogP contribution in [0.15, 0.2) is 40.4 Å². The maximum absolute atomic E-state index is 13.9. The third kappa shape index (κ3) is 12.3. The van der Waals surface area contributed by atoms with Gasteiger partial charge in [-0.15, -0.1) is 11.3 Å². The number of rotatable bonds is 18. The number of β-amino-alcohol motifs (C(OH)–C–C–N with tert-alkyl or cyclic N) is 1. The molecule has 0 radical (unpaired) electrons. The zero-order chi connectivity index (χ0) is 38.7. The van der Waals surface area contributed by atoms with Gasteiger partial charge in [0.1, 0.15) is 23.3 Å². The van der Waals surface area contributed by atoms with Crippen LogP contribution >= 0.6 is 11.3 Å². The van der Waals surface area contributed by atoms with Gasteiger partial charge in [0.2, 0.25) is 11.8 Å². The molecule has 3 aromatic rings. The Morgan fingerprint density at radius 1 is 1.06 bits per heavy atom. The molecule has 1 aliphatic heterocycles. The topological polar surface area (TPSA) is 166 Å². The van der Waals surface area contributed by atoms with Crippen LogP contribution in [0.25, 0.3) is 10.4 Å². The third-order valence-corrected chi connectivity index (χ3v) is 9.67. The van der Waals surface area contributed by atoms with E-state index in [0.29, 0.717) is 44.4 Å². The van der Waals surface area contributed by atoms with Gasteiger partial charge < -0.3 is 43.7 Å². The lowest BCUT2D eigenvalue weighted by atomic mass is 9.91. The zero-order valence-corrected chi connectivity index (χ0v) is 32.9. The van der Waals surface area contributed by atoms with Gasteiger partial charge in [-0.2, -0.15) is 0 Å². The number of ether oxygens (including phenoxy) is 4. The second-order valence-electron chi connectivity index (χ2n) is 14.6. The number of nitrogens with zero attached hydrogens (tertiary/aromatic N) is 4. The first kappa shape index (κ1) is 41.9. The molecule has 0 bridgehead atoms. The summed E-state index contributed by atoms with van der Waals surface area (Å²) in [5, 5.41) is 17.7. The Bertz CT molecular complexity index is 1620. The van der Waals surface area contributed by atoms with E-state index >= 15 is 0 Å². The van der Waals surface area contributed by atoms with E-state index in [1.165, 1.54) is 9.80 Å². The molecule has 1 saturated heterocycles. The number of aromatic nitrogens is 2. The van der Waals surface area contributed by atoms with E-state index in [4.69, 9.17) is 23.5 Å². The van der Waals surface area contributed by atoms with Gasteiger partial charge in [-0.25, -0.2) is 9.78 Å². The number of aryl methyl sites for hydroxylation is 2. The largest absolute Gasteiger partial charge is 0.444 e. The maximum atomic E-state index is 13.9. The molecule has 0 spiro atoms. The van der Waals surface area contributed by atoms with Crippen LogP contribution in [0.3, 0.4) is 0 Å². The Kier molecular flexibility index (Phi) is 15.4. The van der Waals surface area contributed by atoms with E-state index in [2.05, 4.69) is 15.5 Å². The quantitative estimate of drug-likeness (QED) is 0.170. The van der Waals surface area contributed by atoms with Gasteiger partial charge in [0.05, 0.1) is 73.6 Å². The molecule has 2 aromatic heterocycles. The van der Waals surface area contributed by atoms with Gasteiger partial charge in [0, 0.05) is 32.6 Å². The number of likely N-dealkylation sites (tertiary alicyclic amines) is 1. The van der Waals surface area contributed by atoms with Crippen molar-refractivity contribution >= 4 is 29.2 Å². The fourth-order valence-electron chi connectivity index (χ4n) is 5.96. The van der Waals surface area contributed by atoms with Gasteiger partial charge in [-0.05, 0) is 51.7 Å². The summed E-state index contributed by atoms with van der Waals surface area (Å²) >= 11 is 1.56. The lowest BCUT2D eigenvalue weighted by Crippen LogP contribution is -2.49. The Balaban J connectivity index is 1.33. The summed E-state index contributed by atoms with van der Waals surface area (Å²) in [5.74, 6) is -1.01. The van der Waals surface area contributed by atoms with Crippen molar-refractivity contribution in [3.8, 4) is 10.4 Å². The summed E-state index contributed by atoms with van der Waals surface area (Å²) in [7, 11) is 1.66. The molecule has 0 aliphatic carbocycles. The molecular weight excluding hydrogens is 703 g/mol. The molecule has 4 rings (SSSR count). The normalized spacial score (nSPS) is 17.2. The predicted molar refractivity (Wildman–Crippen MR) is 199 cm³/mol. The number of likely N-dealkylation sites (N-methyl/N-ethyl adjacent to an activating group) is 1. The minimum Gasteiger partial charge on any atom is -0.444 e. The van der Waals surface area contributed by atoms with Gasteiger partial charge >= 0.3 is 6.09 Å². The number of nitrogens with one attached hydrogen (secondary N) is 1. The van der Waals surface area contributed by atoms with Crippen LogP contribution in [0.1, 0.15) is 75.7 Å². The Hall–Kier alpha value is -3.89. The molecule has 292 valence electrons. The number of aliphatic hydroxyl groups is 1. The molecule has 1 aromatic carbocycles. The van der Waals surface area contributed by atoms with Crippen molar-refractivity contribution in [3.63, 3.8) is 0 Å². The fraction of sp³-hybridized carbons (Fsp3) is 0.605. The molecule has 3 heterocycles. The molecule has 1 aliphatic rings. The van der Waals surface area contributed by atoms with Crippen molar-refractivity contribution in [1.29, 1.82) is 0 Å². The number of benzene rings is 1. The number of hydrogen-bond donors (Lipinski definition) is 2. The highest BCUT2D eigenvalue weighted by molar-refractivity contribution is 7.13. The number of thiazole rings is 1. The summed E-state index contributed by atoms with van der Waals surface area (Å²) < 4.78 is 28.1. The molecule has 53 heavy (non-hydrogen) atoms. The van der Waals surface area contributed by atoms with E-state index in [9.17, 15) is 19.5 Å². The lowest BCUT2D eigenvalue weighted by molar-refractivity contribution is -0.141. The fourth-order valence-corrected chi connectivity index (χ4v) is 6.77. The average molecular weight is 758 g/mol. The molecule has 15 heteroatoms. The number of amides is 3. The van der Waals surface area contributed by atoms with Gasteiger partial charge in [0.15, 0.2) is 0 Å². The van der Waals surface area contributed by atoms with Crippen LogP contribution in [-0.2, 0) is 28.5 Å². The van der Waals surface area contributed by atoms with Crippen LogP contribution < -0.4 is 5.32 Å². The van der Waals surface area contributed by atoms with Crippen molar-refractivity contribution in [1.82, 2.24) is 25.3 Å². The first-order valence-electron chi connectivity index (χ1n) is 18.0. The maximum Gasteiger partial charge on any atom is 0.410 e. The molecule has 4 atom stereocenters. The number of hydrogen-bond acceptors (Lipinski definition) is 12. The van der Waals surface area contributed by atoms with E-state index in [1.54, 1.807) is 31.4 Å². The monoisotopic (exact) mass is 757 g/mol.